The van der Waals surface area contributed by atoms with Crippen molar-refractivity contribution < 1.29 is 24.2 Å². The Hall–Kier alpha value is -0.883. The molecule has 0 aromatic carbocycles. The van der Waals surface area contributed by atoms with Gasteiger partial charge in [0.2, 0.25) is 0 Å². The van der Waals surface area contributed by atoms with Gasteiger partial charge in [0.05, 0.1) is 17.4 Å². The molecule has 2 unspecified atom stereocenters. The highest BCUT2D eigenvalue weighted by Crippen LogP contribution is 2.57. The van der Waals surface area contributed by atoms with Crippen LogP contribution in [-0.4, -0.2) is 36.1 Å². The van der Waals surface area contributed by atoms with Gasteiger partial charge in [-0.3, -0.25) is 9.59 Å². The van der Waals surface area contributed by atoms with E-state index >= 15 is 0 Å². The minimum Gasteiger partial charge on any atom is -0.481 e. The number of aliphatic carboxylic acids is 2. The summed E-state index contributed by atoms with van der Waals surface area (Å²) in [5, 5.41) is 19.5. The third-order valence-corrected chi connectivity index (χ3v) is 7.97. The van der Waals surface area contributed by atoms with Crippen molar-refractivity contribution in [1.82, 2.24) is 0 Å². The second-order valence-electron chi connectivity index (χ2n) is 7.51. The Bertz CT molecular complexity index is 422. The molecule has 0 spiro atoms. The third-order valence-electron chi connectivity index (χ3n) is 5.45. The molecule has 0 aromatic heterocycles. The van der Waals surface area contributed by atoms with E-state index in [0.717, 1.165) is 6.04 Å². The van der Waals surface area contributed by atoms with E-state index in [1.54, 1.807) is 0 Å². The molecule has 2 N–H and O–H groups in total. The van der Waals surface area contributed by atoms with E-state index in [9.17, 15) is 19.8 Å². The zero-order valence-corrected chi connectivity index (χ0v) is 15.6. The maximum atomic E-state index is 11.9. The molecule has 5 nitrogen and oxygen atoms in total. The van der Waals surface area contributed by atoms with E-state index < -0.39 is 43.1 Å². The molecule has 0 amide bonds. The number of hydrogen-bond donors (Lipinski definition) is 2. The van der Waals surface area contributed by atoms with Crippen LogP contribution >= 0.6 is 0 Å². The van der Waals surface area contributed by atoms with E-state index in [0.29, 0.717) is 19.3 Å². The number of rotatable bonds is 6. The lowest BCUT2D eigenvalue weighted by Crippen LogP contribution is -2.64. The molecular formula is C16H30O5Si. The summed E-state index contributed by atoms with van der Waals surface area (Å²) in [6.45, 7) is 11.6. The van der Waals surface area contributed by atoms with E-state index in [1.165, 1.54) is 0 Å². The molecule has 0 bridgehead atoms. The first kappa shape index (κ1) is 19.2. The quantitative estimate of drug-likeness (QED) is 0.727. The van der Waals surface area contributed by atoms with Gasteiger partial charge in [-0.05, 0) is 52.2 Å². The number of carboxylic acid groups (broad SMARTS) is 2. The van der Waals surface area contributed by atoms with E-state index in [-0.39, 0.29) is 0 Å². The number of hydrogen-bond acceptors (Lipinski definition) is 3. The summed E-state index contributed by atoms with van der Waals surface area (Å²) in [7, 11) is -1.89. The predicted molar refractivity (Wildman–Crippen MR) is 87.3 cm³/mol. The molecule has 1 aliphatic rings. The maximum Gasteiger partial charge on any atom is 0.307 e. The van der Waals surface area contributed by atoms with Gasteiger partial charge in [0.25, 0.3) is 0 Å². The van der Waals surface area contributed by atoms with E-state index in [2.05, 4.69) is 13.1 Å². The Morgan fingerprint density at radius 2 is 1.50 bits per heavy atom. The summed E-state index contributed by atoms with van der Waals surface area (Å²) in [5.74, 6) is -3.26. The fourth-order valence-electron chi connectivity index (χ4n) is 4.59. The summed E-state index contributed by atoms with van der Waals surface area (Å²) in [5.41, 5.74) is -1.64. The Balaban J connectivity index is 3.52. The van der Waals surface area contributed by atoms with E-state index in [1.807, 2.05) is 27.7 Å². The van der Waals surface area contributed by atoms with Crippen LogP contribution in [0.1, 0.15) is 47.0 Å². The SMILES string of the molecule is CCC(C(=O)O)C1(C(CC)C(=O)O)CC[Si](C)(C)OC1(C)C. The molecule has 6 heteroatoms. The third kappa shape index (κ3) is 3.08. The summed E-state index contributed by atoms with van der Waals surface area (Å²) in [4.78, 5) is 23.8. The van der Waals surface area contributed by atoms with Crippen molar-refractivity contribution in [3.8, 4) is 0 Å². The van der Waals surface area contributed by atoms with Crippen LogP contribution in [0.15, 0.2) is 0 Å². The van der Waals surface area contributed by atoms with Gasteiger partial charge in [-0.2, -0.15) is 0 Å². The topological polar surface area (TPSA) is 83.8 Å². The zero-order chi connectivity index (χ0) is 17.3. The van der Waals surface area contributed by atoms with Crippen molar-refractivity contribution in [1.29, 1.82) is 0 Å². The molecule has 1 aliphatic heterocycles. The van der Waals surface area contributed by atoms with Gasteiger partial charge in [0.15, 0.2) is 8.32 Å². The lowest BCUT2D eigenvalue weighted by molar-refractivity contribution is -0.183. The van der Waals surface area contributed by atoms with Gasteiger partial charge in [-0.15, -0.1) is 0 Å². The largest absolute Gasteiger partial charge is 0.481 e. The van der Waals surface area contributed by atoms with Crippen LogP contribution in [0.3, 0.4) is 0 Å². The second-order valence-corrected chi connectivity index (χ2v) is 11.7. The van der Waals surface area contributed by atoms with Crippen LogP contribution in [0.4, 0.5) is 0 Å². The van der Waals surface area contributed by atoms with Crippen LogP contribution in [0.5, 0.6) is 0 Å². The van der Waals surface area contributed by atoms with Gasteiger partial charge in [0, 0.05) is 5.41 Å². The van der Waals surface area contributed by atoms with Crippen LogP contribution in [0.25, 0.3) is 0 Å². The molecule has 1 heterocycles. The van der Waals surface area contributed by atoms with E-state index in [4.69, 9.17) is 4.43 Å². The predicted octanol–water partition coefficient (Wildman–Crippen LogP) is 3.60. The standard InChI is InChI=1S/C16H30O5Si/c1-7-11(13(17)18)16(12(8-2)14(19)20)9-10-22(5,6)21-15(16,3)4/h11-12H,7-10H2,1-6H3,(H,17,18)(H,19,20). The zero-order valence-electron chi connectivity index (χ0n) is 14.6. The van der Waals surface area contributed by atoms with Gasteiger partial charge in [0.1, 0.15) is 0 Å². The summed E-state index contributed by atoms with van der Waals surface area (Å²) in [6, 6.07) is 0.796. The minimum atomic E-state index is -1.89. The van der Waals surface area contributed by atoms with Crippen molar-refractivity contribution in [2.24, 2.45) is 17.3 Å². The van der Waals surface area contributed by atoms with Gasteiger partial charge >= 0.3 is 11.9 Å². The summed E-state index contributed by atoms with van der Waals surface area (Å²) in [6.07, 6.45) is 1.43. The Labute approximate surface area is 134 Å². The van der Waals surface area contributed by atoms with Gasteiger partial charge < -0.3 is 14.6 Å². The Morgan fingerprint density at radius 1 is 1.09 bits per heavy atom. The Morgan fingerprint density at radius 3 is 1.77 bits per heavy atom. The lowest BCUT2D eigenvalue weighted by atomic mass is 9.55. The highest BCUT2D eigenvalue weighted by Gasteiger charge is 2.62. The lowest BCUT2D eigenvalue weighted by Gasteiger charge is -2.59. The first-order valence-electron chi connectivity index (χ1n) is 8.11. The molecule has 2 atom stereocenters. The monoisotopic (exact) mass is 330 g/mol. The number of carbonyl (C=O) groups is 2. The highest BCUT2D eigenvalue weighted by molar-refractivity contribution is 6.71. The molecular weight excluding hydrogens is 300 g/mol. The first-order chi connectivity index (χ1) is 9.95. The molecule has 0 aromatic rings. The maximum absolute atomic E-state index is 11.9. The molecule has 0 radical (unpaired) electrons. The fourth-order valence-corrected chi connectivity index (χ4v) is 7.28. The molecule has 1 rings (SSSR count). The molecule has 0 aliphatic carbocycles. The highest BCUT2D eigenvalue weighted by atomic mass is 28.4. The van der Waals surface area contributed by atoms with Gasteiger partial charge in [-0.25, -0.2) is 0 Å². The summed E-state index contributed by atoms with van der Waals surface area (Å²) >= 11 is 0. The minimum absolute atomic E-state index is 0.411. The summed E-state index contributed by atoms with van der Waals surface area (Å²) < 4.78 is 6.36. The first-order valence-corrected chi connectivity index (χ1v) is 11.2. The van der Waals surface area contributed by atoms with Crippen molar-refractivity contribution >= 4 is 20.3 Å². The van der Waals surface area contributed by atoms with Crippen molar-refractivity contribution in [2.75, 3.05) is 0 Å². The van der Waals surface area contributed by atoms with Gasteiger partial charge in [-0.1, -0.05) is 13.8 Å². The fraction of sp³-hybridized carbons (Fsp3) is 0.875. The van der Waals surface area contributed by atoms with Crippen LogP contribution in [-0.2, 0) is 14.0 Å². The molecule has 1 saturated heterocycles. The molecule has 22 heavy (non-hydrogen) atoms. The second kappa shape index (κ2) is 6.32. The molecule has 0 saturated carbocycles. The normalized spacial score (nSPS) is 29.5. The van der Waals surface area contributed by atoms with Crippen LogP contribution in [0.2, 0.25) is 19.1 Å². The average molecular weight is 330 g/mol. The van der Waals surface area contributed by atoms with Crippen molar-refractivity contribution in [2.45, 2.75) is 71.7 Å². The Kier molecular flexibility index (Phi) is 5.50. The van der Waals surface area contributed by atoms with Crippen LogP contribution in [0, 0.1) is 17.3 Å². The number of carboxylic acids is 2. The van der Waals surface area contributed by atoms with Crippen molar-refractivity contribution in [3.63, 3.8) is 0 Å². The average Bonchev–Trinajstić information content (AvgIpc) is 2.33. The van der Waals surface area contributed by atoms with Crippen LogP contribution < -0.4 is 0 Å². The van der Waals surface area contributed by atoms with Crippen molar-refractivity contribution in [3.05, 3.63) is 0 Å². The molecule has 1 fully saturated rings. The smallest absolute Gasteiger partial charge is 0.307 e. The molecule has 128 valence electrons.